The summed E-state index contributed by atoms with van der Waals surface area (Å²) in [7, 11) is 0. The van der Waals surface area contributed by atoms with Crippen molar-refractivity contribution in [3.05, 3.63) is 0 Å². The molecule has 0 saturated carbocycles. The zero-order valence-corrected chi connectivity index (χ0v) is 16.4. The van der Waals surface area contributed by atoms with Crippen LogP contribution in [0.1, 0.15) is 6.42 Å². The first kappa shape index (κ1) is 21.1. The van der Waals surface area contributed by atoms with Gasteiger partial charge >= 0.3 is 0 Å². The number of hydrogen-bond donors (Lipinski definition) is 4. The second-order valence-corrected chi connectivity index (χ2v) is 8.96. The van der Waals surface area contributed by atoms with E-state index < -0.39 is 0 Å². The van der Waals surface area contributed by atoms with Gasteiger partial charge in [-0.15, -0.1) is 0 Å². The van der Waals surface area contributed by atoms with Crippen molar-refractivity contribution in [2.75, 3.05) is 58.4 Å². The van der Waals surface area contributed by atoms with Crippen LogP contribution in [0.5, 0.6) is 0 Å². The van der Waals surface area contributed by atoms with Gasteiger partial charge in [0.15, 0.2) is 0 Å². The van der Waals surface area contributed by atoms with Crippen LogP contribution >= 0.6 is 73.2 Å². The third-order valence-corrected chi connectivity index (χ3v) is 8.08. The molecule has 0 saturated heterocycles. The molecule has 0 aliphatic carbocycles. The molecule has 0 heterocycles. The van der Waals surface area contributed by atoms with E-state index in [1.807, 2.05) is 35.3 Å². The first-order valence-electron chi connectivity index (χ1n) is 6.41. The molecule has 19 heavy (non-hydrogen) atoms. The van der Waals surface area contributed by atoms with Gasteiger partial charge in [0.05, 0.1) is 0 Å². The molecule has 0 amide bonds. The summed E-state index contributed by atoms with van der Waals surface area (Å²) in [5.41, 5.74) is 0.240. The van der Waals surface area contributed by atoms with Crippen LogP contribution in [0.3, 0.4) is 0 Å². The van der Waals surface area contributed by atoms with Gasteiger partial charge in [0.2, 0.25) is 0 Å². The Hall–Kier alpha value is 2.06. The van der Waals surface area contributed by atoms with Crippen LogP contribution in [0, 0.1) is 5.41 Å². The third kappa shape index (κ3) is 11.3. The molecule has 0 rings (SSSR count). The predicted octanol–water partition coefficient (Wildman–Crippen LogP) is 3.34. The van der Waals surface area contributed by atoms with Gasteiger partial charge in [-0.05, 0) is 29.1 Å². The molecule has 0 atom stereocenters. The summed E-state index contributed by atoms with van der Waals surface area (Å²) in [6.45, 7) is 0.282. The Bertz CT molecular complexity index is 167. The van der Waals surface area contributed by atoms with E-state index in [4.69, 9.17) is 0 Å². The normalized spacial score (nSPS) is 12.0. The van der Waals surface area contributed by atoms with Crippen LogP contribution in [0.4, 0.5) is 0 Å². The average molecular weight is 379 g/mol. The van der Waals surface area contributed by atoms with Gasteiger partial charge in [0.1, 0.15) is 0 Å². The van der Waals surface area contributed by atoms with Crippen LogP contribution in [-0.2, 0) is 0 Å². The summed E-state index contributed by atoms with van der Waals surface area (Å²) in [4.78, 5) is 0. The minimum atomic E-state index is 0.240. The zero-order valence-electron chi connectivity index (χ0n) is 11.3. The quantitative estimate of drug-likeness (QED) is 0.275. The van der Waals surface area contributed by atoms with Crippen molar-refractivity contribution in [1.82, 2.24) is 0 Å². The third-order valence-electron chi connectivity index (χ3n) is 2.57. The number of rotatable bonds is 14. The molecule has 7 heteroatoms. The molecule has 0 fully saturated rings. The van der Waals surface area contributed by atoms with Gasteiger partial charge in [0, 0.05) is 41.1 Å². The molecule has 1 nitrogen and oxygen atoms in total. The molecule has 0 aromatic rings. The van der Waals surface area contributed by atoms with Gasteiger partial charge < -0.3 is 5.11 Å². The number of thioether (sulfide) groups is 3. The molecule has 0 aliphatic heterocycles. The fourth-order valence-corrected chi connectivity index (χ4v) is 6.35. The largest absolute Gasteiger partial charge is 0.396 e. The SMILES string of the molecule is OCCC(CSCCS)(CSCCS)CSCCS. The first-order chi connectivity index (χ1) is 9.24. The molecule has 1 N–H and O–H groups in total. The van der Waals surface area contributed by atoms with E-state index in [-0.39, 0.29) is 12.0 Å². The van der Waals surface area contributed by atoms with Crippen LogP contribution < -0.4 is 0 Å². The van der Waals surface area contributed by atoms with Crippen molar-refractivity contribution in [3.63, 3.8) is 0 Å². The number of hydrogen-bond acceptors (Lipinski definition) is 7. The Morgan fingerprint density at radius 2 is 1.11 bits per heavy atom. The number of thiol groups is 3. The van der Waals surface area contributed by atoms with Gasteiger partial charge in [0.25, 0.3) is 0 Å². The second kappa shape index (κ2) is 15.0. The van der Waals surface area contributed by atoms with Crippen molar-refractivity contribution < 1.29 is 5.11 Å². The smallest absolute Gasteiger partial charge is 0.0437 e. The molecular formula is C12H26OS6. The highest BCUT2D eigenvalue weighted by Gasteiger charge is 2.29. The average Bonchev–Trinajstić information content (AvgIpc) is 2.40. The van der Waals surface area contributed by atoms with Gasteiger partial charge in [-0.3, -0.25) is 0 Å². The molecule has 0 aromatic heterocycles. The fraction of sp³-hybridized carbons (Fsp3) is 1.00. The summed E-state index contributed by atoms with van der Waals surface area (Å²) in [6.07, 6.45) is 0.895. The van der Waals surface area contributed by atoms with E-state index in [9.17, 15) is 5.11 Å². The zero-order chi connectivity index (χ0) is 14.4. The van der Waals surface area contributed by atoms with Crippen molar-refractivity contribution in [2.24, 2.45) is 5.41 Å². The van der Waals surface area contributed by atoms with E-state index in [0.29, 0.717) is 0 Å². The van der Waals surface area contributed by atoms with E-state index in [1.165, 1.54) is 0 Å². The van der Waals surface area contributed by atoms with Gasteiger partial charge in [-0.1, -0.05) is 0 Å². The van der Waals surface area contributed by atoms with Gasteiger partial charge in [-0.25, -0.2) is 0 Å². The number of aliphatic hydroxyl groups is 1. The minimum absolute atomic E-state index is 0.240. The molecular weight excluding hydrogens is 353 g/mol. The Labute approximate surface area is 147 Å². The summed E-state index contributed by atoms with van der Waals surface area (Å²) < 4.78 is 0. The fourth-order valence-electron chi connectivity index (χ4n) is 1.64. The maximum absolute atomic E-state index is 9.40. The molecule has 0 unspecified atom stereocenters. The Morgan fingerprint density at radius 1 is 0.737 bits per heavy atom. The standard InChI is InChI=1S/C12H26OS6/c13-2-1-12(9-17-6-3-14,10-18-7-4-15)11-19-8-5-16/h13-16H,1-11H2. The summed E-state index contributed by atoms with van der Waals surface area (Å²) >= 11 is 18.7. The van der Waals surface area contributed by atoms with Crippen molar-refractivity contribution >= 4 is 73.2 Å². The summed E-state index contributed by atoms with van der Waals surface area (Å²) in [6, 6.07) is 0. The van der Waals surface area contributed by atoms with E-state index in [1.54, 1.807) is 0 Å². The Kier molecular flexibility index (Phi) is 16.6. The topological polar surface area (TPSA) is 20.2 Å². The Balaban J connectivity index is 4.37. The van der Waals surface area contributed by atoms with Crippen molar-refractivity contribution in [3.8, 4) is 0 Å². The molecule has 0 aromatic carbocycles. The highest BCUT2D eigenvalue weighted by molar-refractivity contribution is 8.01. The second-order valence-electron chi connectivity index (χ2n) is 4.30. The minimum Gasteiger partial charge on any atom is -0.396 e. The lowest BCUT2D eigenvalue weighted by Gasteiger charge is -2.33. The maximum Gasteiger partial charge on any atom is 0.0437 e. The maximum atomic E-state index is 9.40. The number of aliphatic hydroxyl groups excluding tert-OH is 1. The van der Waals surface area contributed by atoms with Crippen LogP contribution in [0.25, 0.3) is 0 Å². The lowest BCUT2D eigenvalue weighted by Crippen LogP contribution is -2.32. The summed E-state index contributed by atoms with van der Waals surface area (Å²) in [5, 5.41) is 9.40. The van der Waals surface area contributed by atoms with Crippen LogP contribution in [-0.4, -0.2) is 63.5 Å². The molecule has 0 bridgehead atoms. The lowest BCUT2D eigenvalue weighted by atomic mass is 9.92. The van der Waals surface area contributed by atoms with Crippen molar-refractivity contribution in [2.45, 2.75) is 6.42 Å². The van der Waals surface area contributed by atoms with Crippen LogP contribution in [0.15, 0.2) is 0 Å². The van der Waals surface area contributed by atoms with E-state index in [2.05, 4.69) is 37.9 Å². The van der Waals surface area contributed by atoms with Crippen molar-refractivity contribution in [1.29, 1.82) is 0 Å². The monoisotopic (exact) mass is 378 g/mol. The van der Waals surface area contributed by atoms with E-state index >= 15 is 0 Å². The Morgan fingerprint density at radius 3 is 1.37 bits per heavy atom. The molecule has 0 spiro atoms. The molecule has 0 aliphatic rings. The lowest BCUT2D eigenvalue weighted by molar-refractivity contribution is 0.233. The molecule has 0 radical (unpaired) electrons. The van der Waals surface area contributed by atoms with E-state index in [0.717, 1.165) is 58.2 Å². The first-order valence-corrected chi connectivity index (χ1v) is 11.8. The molecule has 116 valence electrons. The van der Waals surface area contributed by atoms with Crippen LogP contribution in [0.2, 0.25) is 0 Å². The highest BCUT2D eigenvalue weighted by Crippen LogP contribution is 2.35. The predicted molar refractivity (Wildman–Crippen MR) is 108 cm³/mol. The van der Waals surface area contributed by atoms with Gasteiger partial charge in [-0.2, -0.15) is 73.2 Å². The highest BCUT2D eigenvalue weighted by atomic mass is 32.2. The summed E-state index contributed by atoms with van der Waals surface area (Å²) in [5.74, 6) is 9.39.